The van der Waals surface area contributed by atoms with Gasteiger partial charge in [-0.05, 0) is 18.2 Å². The van der Waals surface area contributed by atoms with Crippen molar-refractivity contribution >= 4 is 17.5 Å². The van der Waals surface area contributed by atoms with E-state index in [2.05, 4.69) is 0 Å². The van der Waals surface area contributed by atoms with Crippen LogP contribution in [0.15, 0.2) is 48.5 Å². The number of phenolic OH excluding ortho intramolecular Hbond substituents is 1. The van der Waals surface area contributed by atoms with Gasteiger partial charge in [-0.15, -0.1) is 0 Å². The van der Waals surface area contributed by atoms with Crippen LogP contribution in [0.2, 0.25) is 0 Å². The summed E-state index contributed by atoms with van der Waals surface area (Å²) in [5, 5.41) is 20.3. The van der Waals surface area contributed by atoms with Crippen molar-refractivity contribution in [2.45, 2.75) is 0 Å². The number of hydrogen-bond donors (Lipinski definition) is 1. The molecule has 0 atom stereocenters. The second kappa shape index (κ2) is 8.38. The Kier molecular flexibility index (Phi) is 5.73. The maximum Gasteiger partial charge on any atom is 0.270 e. The maximum absolute atomic E-state index is 12.5. The number of benzene rings is 2. The van der Waals surface area contributed by atoms with E-state index >= 15 is 0 Å². The SMILES string of the molecule is O=C(COc1cccc(O)c1)N1CCN(C(=O)c2cccc([N+](=O)[O-])c2)CC1. The molecule has 2 aromatic rings. The molecule has 1 aliphatic heterocycles. The van der Waals surface area contributed by atoms with Crippen LogP contribution in [0.3, 0.4) is 0 Å². The number of amides is 2. The van der Waals surface area contributed by atoms with Gasteiger partial charge in [-0.1, -0.05) is 12.1 Å². The average molecular weight is 385 g/mol. The fraction of sp³-hybridized carbons (Fsp3) is 0.263. The van der Waals surface area contributed by atoms with Crippen molar-refractivity contribution in [1.29, 1.82) is 0 Å². The van der Waals surface area contributed by atoms with Crippen LogP contribution >= 0.6 is 0 Å². The number of piperazine rings is 1. The van der Waals surface area contributed by atoms with Gasteiger partial charge in [0.05, 0.1) is 4.92 Å². The van der Waals surface area contributed by atoms with E-state index in [0.717, 1.165) is 0 Å². The molecule has 28 heavy (non-hydrogen) atoms. The number of rotatable bonds is 5. The van der Waals surface area contributed by atoms with Gasteiger partial charge < -0.3 is 19.6 Å². The molecule has 0 unspecified atom stereocenters. The van der Waals surface area contributed by atoms with E-state index in [1.807, 2.05) is 0 Å². The maximum atomic E-state index is 12.5. The molecule has 0 radical (unpaired) electrons. The Labute approximate surface area is 160 Å². The molecule has 0 bridgehead atoms. The van der Waals surface area contributed by atoms with Crippen LogP contribution in [-0.2, 0) is 4.79 Å². The topological polar surface area (TPSA) is 113 Å². The number of phenols is 1. The summed E-state index contributed by atoms with van der Waals surface area (Å²) in [4.78, 5) is 38.3. The summed E-state index contributed by atoms with van der Waals surface area (Å²) in [5.74, 6) is -0.0661. The smallest absolute Gasteiger partial charge is 0.270 e. The standard InChI is InChI=1S/C19H19N3O6/c23-16-5-2-6-17(12-16)28-13-18(24)20-7-9-21(10-8-20)19(25)14-3-1-4-15(11-14)22(26)27/h1-6,11-12,23H,7-10,13H2. The monoisotopic (exact) mass is 385 g/mol. The number of ether oxygens (including phenoxy) is 1. The van der Waals surface area contributed by atoms with E-state index in [-0.39, 0.29) is 35.4 Å². The van der Waals surface area contributed by atoms with E-state index in [9.17, 15) is 24.8 Å². The first-order valence-corrected chi connectivity index (χ1v) is 8.67. The lowest BCUT2D eigenvalue weighted by Gasteiger charge is -2.34. The summed E-state index contributed by atoms with van der Waals surface area (Å²) in [6.45, 7) is 1.20. The number of aromatic hydroxyl groups is 1. The summed E-state index contributed by atoms with van der Waals surface area (Å²) in [7, 11) is 0. The minimum Gasteiger partial charge on any atom is -0.508 e. The van der Waals surface area contributed by atoms with Crippen molar-refractivity contribution in [2.75, 3.05) is 32.8 Å². The zero-order valence-electron chi connectivity index (χ0n) is 15.0. The highest BCUT2D eigenvalue weighted by molar-refractivity contribution is 5.95. The summed E-state index contributed by atoms with van der Waals surface area (Å²) in [6.07, 6.45) is 0. The molecule has 9 nitrogen and oxygen atoms in total. The second-order valence-electron chi connectivity index (χ2n) is 6.27. The summed E-state index contributed by atoms with van der Waals surface area (Å²) < 4.78 is 5.39. The molecular formula is C19H19N3O6. The van der Waals surface area contributed by atoms with Gasteiger partial charge >= 0.3 is 0 Å². The molecule has 9 heteroatoms. The first-order chi connectivity index (χ1) is 13.4. The van der Waals surface area contributed by atoms with Gasteiger partial charge in [0.25, 0.3) is 17.5 Å². The van der Waals surface area contributed by atoms with Crippen LogP contribution in [0.4, 0.5) is 5.69 Å². The highest BCUT2D eigenvalue weighted by Gasteiger charge is 2.25. The number of non-ortho nitro benzene ring substituents is 1. The molecular weight excluding hydrogens is 366 g/mol. The van der Waals surface area contributed by atoms with Crippen LogP contribution in [0.25, 0.3) is 0 Å². The highest BCUT2D eigenvalue weighted by Crippen LogP contribution is 2.18. The fourth-order valence-corrected chi connectivity index (χ4v) is 2.90. The molecule has 146 valence electrons. The molecule has 1 N–H and O–H groups in total. The zero-order chi connectivity index (χ0) is 20.1. The lowest BCUT2D eigenvalue weighted by molar-refractivity contribution is -0.384. The fourth-order valence-electron chi connectivity index (χ4n) is 2.90. The van der Waals surface area contributed by atoms with E-state index in [1.165, 1.54) is 36.4 Å². The van der Waals surface area contributed by atoms with Crippen LogP contribution in [0, 0.1) is 10.1 Å². The predicted molar refractivity (Wildman–Crippen MR) is 99.2 cm³/mol. The van der Waals surface area contributed by atoms with Crippen molar-refractivity contribution in [2.24, 2.45) is 0 Å². The summed E-state index contributed by atoms with van der Waals surface area (Å²) >= 11 is 0. The molecule has 2 aromatic carbocycles. The largest absolute Gasteiger partial charge is 0.508 e. The van der Waals surface area contributed by atoms with E-state index in [1.54, 1.807) is 21.9 Å². The Hall–Kier alpha value is -3.62. The minimum atomic E-state index is -0.542. The molecule has 3 rings (SSSR count). The summed E-state index contributed by atoms with van der Waals surface area (Å²) in [5.41, 5.74) is 0.116. The third-order valence-electron chi connectivity index (χ3n) is 4.40. The van der Waals surface area contributed by atoms with E-state index in [4.69, 9.17) is 4.74 Å². The molecule has 0 saturated carbocycles. The van der Waals surface area contributed by atoms with Crippen molar-refractivity contribution in [1.82, 2.24) is 9.80 Å². The lowest BCUT2D eigenvalue weighted by Crippen LogP contribution is -2.51. The minimum absolute atomic E-state index is 0.0539. The Morgan fingerprint density at radius 1 is 1.04 bits per heavy atom. The van der Waals surface area contributed by atoms with Gasteiger partial charge in [0.1, 0.15) is 11.5 Å². The van der Waals surface area contributed by atoms with Crippen LogP contribution in [0.1, 0.15) is 10.4 Å². The van der Waals surface area contributed by atoms with Gasteiger partial charge in [0.15, 0.2) is 6.61 Å². The molecule has 0 aliphatic carbocycles. The van der Waals surface area contributed by atoms with Gasteiger partial charge in [-0.2, -0.15) is 0 Å². The molecule has 2 amide bonds. The van der Waals surface area contributed by atoms with Crippen molar-refractivity contribution in [3.05, 3.63) is 64.2 Å². The van der Waals surface area contributed by atoms with Gasteiger partial charge in [0.2, 0.25) is 0 Å². The van der Waals surface area contributed by atoms with E-state index < -0.39 is 4.92 Å². The third kappa shape index (κ3) is 4.56. The Morgan fingerprint density at radius 3 is 2.39 bits per heavy atom. The molecule has 1 saturated heterocycles. The Balaban J connectivity index is 1.52. The molecule has 1 fully saturated rings. The van der Waals surface area contributed by atoms with Crippen molar-refractivity contribution in [3.63, 3.8) is 0 Å². The number of carbonyl (C=O) groups is 2. The Bertz CT molecular complexity index is 893. The number of nitro groups is 1. The van der Waals surface area contributed by atoms with Crippen molar-refractivity contribution < 1.29 is 24.4 Å². The quantitative estimate of drug-likeness (QED) is 0.619. The summed E-state index contributed by atoms with van der Waals surface area (Å²) in [6, 6.07) is 11.8. The van der Waals surface area contributed by atoms with Gasteiger partial charge in [0, 0.05) is 49.9 Å². The predicted octanol–water partition coefficient (Wildman–Crippen LogP) is 1.66. The van der Waals surface area contributed by atoms with Crippen LogP contribution < -0.4 is 4.74 Å². The lowest BCUT2D eigenvalue weighted by atomic mass is 10.1. The number of carbonyl (C=O) groups excluding carboxylic acids is 2. The van der Waals surface area contributed by atoms with Crippen LogP contribution in [0.5, 0.6) is 11.5 Å². The molecule has 1 aliphatic rings. The van der Waals surface area contributed by atoms with Crippen molar-refractivity contribution in [3.8, 4) is 11.5 Å². The number of hydrogen-bond acceptors (Lipinski definition) is 6. The van der Waals surface area contributed by atoms with Gasteiger partial charge in [-0.25, -0.2) is 0 Å². The van der Waals surface area contributed by atoms with Gasteiger partial charge in [-0.3, -0.25) is 19.7 Å². The molecule has 0 aromatic heterocycles. The normalized spacial score (nSPS) is 13.9. The molecule has 0 spiro atoms. The molecule has 1 heterocycles. The Morgan fingerprint density at radius 2 is 1.71 bits per heavy atom. The van der Waals surface area contributed by atoms with Crippen LogP contribution in [-0.4, -0.2) is 64.4 Å². The first kappa shape index (κ1) is 19.2. The zero-order valence-corrected chi connectivity index (χ0v) is 15.0. The number of nitrogens with zero attached hydrogens (tertiary/aromatic N) is 3. The average Bonchev–Trinajstić information content (AvgIpc) is 2.71. The van der Waals surface area contributed by atoms with E-state index in [0.29, 0.717) is 31.9 Å². The third-order valence-corrected chi connectivity index (χ3v) is 4.40. The number of nitro benzene ring substituents is 1. The highest BCUT2D eigenvalue weighted by atomic mass is 16.6. The second-order valence-corrected chi connectivity index (χ2v) is 6.27. The first-order valence-electron chi connectivity index (χ1n) is 8.67.